The molecule has 2 aromatic rings. The molecule has 0 aliphatic carbocycles. The van der Waals surface area contributed by atoms with Gasteiger partial charge in [0.1, 0.15) is 11.5 Å². The molecule has 0 heterocycles. The molecule has 19 heavy (non-hydrogen) atoms. The van der Waals surface area contributed by atoms with E-state index < -0.39 is 0 Å². The summed E-state index contributed by atoms with van der Waals surface area (Å²) in [5.74, 6) is 1.48. The third-order valence-electron chi connectivity index (χ3n) is 2.60. The Morgan fingerprint density at radius 2 is 1.79 bits per heavy atom. The molecule has 0 unspecified atom stereocenters. The van der Waals surface area contributed by atoms with Crippen LogP contribution in [0, 0.1) is 0 Å². The Bertz CT molecular complexity index is 588. The fourth-order valence-corrected chi connectivity index (χ4v) is 2.12. The van der Waals surface area contributed by atoms with Crippen molar-refractivity contribution in [3.05, 3.63) is 40.9 Å². The Morgan fingerprint density at radius 1 is 1.00 bits per heavy atom. The zero-order valence-corrected chi connectivity index (χ0v) is 12.3. The van der Waals surface area contributed by atoms with E-state index in [1.807, 2.05) is 30.3 Å². The topological polar surface area (TPSA) is 56.5 Å². The first-order valence-electron chi connectivity index (χ1n) is 5.67. The smallest absolute Gasteiger partial charge is 0.135 e. The predicted octanol–water partition coefficient (Wildman–Crippen LogP) is 3.79. The Morgan fingerprint density at radius 3 is 2.47 bits per heavy atom. The van der Waals surface area contributed by atoms with Crippen LogP contribution in [0.1, 0.15) is 0 Å². The number of halogens is 1. The fourth-order valence-electron chi connectivity index (χ4n) is 1.72. The van der Waals surface area contributed by atoms with Gasteiger partial charge in [0.15, 0.2) is 0 Å². The second kappa shape index (κ2) is 5.84. The van der Waals surface area contributed by atoms with Crippen molar-refractivity contribution in [3.63, 3.8) is 0 Å². The number of methoxy groups -OCH3 is 2. The van der Waals surface area contributed by atoms with Gasteiger partial charge in [0, 0.05) is 35.3 Å². The maximum atomic E-state index is 5.82. The number of nitrogens with two attached hydrogens (primary N) is 1. The van der Waals surface area contributed by atoms with Crippen LogP contribution in [-0.4, -0.2) is 14.2 Å². The molecule has 0 spiro atoms. The molecule has 2 aromatic carbocycles. The van der Waals surface area contributed by atoms with Crippen molar-refractivity contribution in [1.82, 2.24) is 0 Å². The number of nitrogen functional groups attached to an aromatic ring is 1. The van der Waals surface area contributed by atoms with Crippen LogP contribution in [0.4, 0.5) is 17.1 Å². The summed E-state index contributed by atoms with van der Waals surface area (Å²) >= 11 is 3.42. The van der Waals surface area contributed by atoms with Crippen molar-refractivity contribution in [1.29, 1.82) is 0 Å². The number of benzene rings is 2. The van der Waals surface area contributed by atoms with E-state index in [0.717, 1.165) is 21.6 Å². The third kappa shape index (κ3) is 3.32. The molecule has 2 rings (SSSR count). The lowest BCUT2D eigenvalue weighted by molar-refractivity contribution is 0.412. The molecule has 0 saturated heterocycles. The van der Waals surface area contributed by atoms with Crippen molar-refractivity contribution in [2.75, 3.05) is 25.3 Å². The predicted molar refractivity (Wildman–Crippen MR) is 81.4 cm³/mol. The molecular weight excluding hydrogens is 308 g/mol. The maximum absolute atomic E-state index is 5.82. The summed E-state index contributed by atoms with van der Waals surface area (Å²) in [4.78, 5) is 0. The van der Waals surface area contributed by atoms with Crippen molar-refractivity contribution >= 4 is 33.0 Å². The highest BCUT2D eigenvalue weighted by molar-refractivity contribution is 9.10. The second-order valence-corrected chi connectivity index (χ2v) is 4.82. The Kier molecular flexibility index (Phi) is 4.16. The molecule has 3 N–H and O–H groups in total. The van der Waals surface area contributed by atoms with Gasteiger partial charge in [-0.25, -0.2) is 0 Å². The summed E-state index contributed by atoms with van der Waals surface area (Å²) in [6.45, 7) is 0. The van der Waals surface area contributed by atoms with E-state index >= 15 is 0 Å². The standard InChI is InChI=1S/C14H15BrN2O2/c1-18-12-6-9(16)5-11(7-12)17-10-3-4-13(15)14(8-10)19-2/h3-8,17H,16H2,1-2H3. The molecule has 0 radical (unpaired) electrons. The number of hydrogen-bond acceptors (Lipinski definition) is 4. The highest BCUT2D eigenvalue weighted by atomic mass is 79.9. The van der Waals surface area contributed by atoms with Gasteiger partial charge in [0.2, 0.25) is 0 Å². The molecule has 0 aliphatic rings. The van der Waals surface area contributed by atoms with Gasteiger partial charge in [-0.05, 0) is 34.1 Å². The van der Waals surface area contributed by atoms with E-state index in [-0.39, 0.29) is 0 Å². The highest BCUT2D eigenvalue weighted by Crippen LogP contribution is 2.31. The number of hydrogen-bond donors (Lipinski definition) is 2. The first kappa shape index (κ1) is 13.5. The van der Waals surface area contributed by atoms with Crippen LogP contribution in [0.25, 0.3) is 0 Å². The van der Waals surface area contributed by atoms with Crippen molar-refractivity contribution in [2.24, 2.45) is 0 Å². The van der Waals surface area contributed by atoms with Crippen molar-refractivity contribution < 1.29 is 9.47 Å². The highest BCUT2D eigenvalue weighted by Gasteiger charge is 2.04. The number of rotatable bonds is 4. The van der Waals surface area contributed by atoms with E-state index in [4.69, 9.17) is 15.2 Å². The molecule has 0 bridgehead atoms. The Labute approximate surface area is 120 Å². The van der Waals surface area contributed by atoms with E-state index in [1.165, 1.54) is 0 Å². The summed E-state index contributed by atoms with van der Waals surface area (Å²) in [7, 11) is 3.24. The van der Waals surface area contributed by atoms with Crippen LogP contribution in [0.5, 0.6) is 11.5 Å². The van der Waals surface area contributed by atoms with Crippen LogP contribution in [-0.2, 0) is 0 Å². The number of ether oxygens (including phenoxy) is 2. The first-order valence-corrected chi connectivity index (χ1v) is 6.47. The van der Waals surface area contributed by atoms with Gasteiger partial charge >= 0.3 is 0 Å². The summed E-state index contributed by atoms with van der Waals surface area (Å²) in [5.41, 5.74) is 8.23. The lowest BCUT2D eigenvalue weighted by atomic mass is 10.2. The molecule has 5 heteroatoms. The minimum absolute atomic E-state index is 0.644. The first-order chi connectivity index (χ1) is 9.12. The SMILES string of the molecule is COc1cc(N)cc(Nc2ccc(Br)c(OC)c2)c1. The zero-order chi connectivity index (χ0) is 13.8. The fraction of sp³-hybridized carbons (Fsp3) is 0.143. The number of anilines is 3. The van der Waals surface area contributed by atoms with E-state index in [0.29, 0.717) is 11.4 Å². The summed E-state index contributed by atoms with van der Waals surface area (Å²) in [6, 6.07) is 11.3. The van der Waals surface area contributed by atoms with Gasteiger partial charge < -0.3 is 20.5 Å². The maximum Gasteiger partial charge on any atom is 0.135 e. The monoisotopic (exact) mass is 322 g/mol. The average Bonchev–Trinajstić information content (AvgIpc) is 2.40. The summed E-state index contributed by atoms with van der Waals surface area (Å²) < 4.78 is 11.3. The Balaban J connectivity index is 2.28. The van der Waals surface area contributed by atoms with Crippen LogP contribution in [0.15, 0.2) is 40.9 Å². The molecule has 0 atom stereocenters. The second-order valence-electron chi connectivity index (χ2n) is 3.97. The summed E-state index contributed by atoms with van der Waals surface area (Å²) in [5, 5.41) is 3.26. The molecule has 0 amide bonds. The molecular formula is C14H15BrN2O2. The van der Waals surface area contributed by atoms with Gasteiger partial charge in [-0.15, -0.1) is 0 Å². The van der Waals surface area contributed by atoms with E-state index in [1.54, 1.807) is 20.3 Å². The largest absolute Gasteiger partial charge is 0.497 e. The molecule has 0 fully saturated rings. The van der Waals surface area contributed by atoms with Crippen LogP contribution < -0.4 is 20.5 Å². The van der Waals surface area contributed by atoms with Crippen LogP contribution in [0.3, 0.4) is 0 Å². The van der Waals surface area contributed by atoms with E-state index in [9.17, 15) is 0 Å². The molecule has 0 saturated carbocycles. The molecule has 100 valence electrons. The minimum Gasteiger partial charge on any atom is -0.497 e. The normalized spacial score (nSPS) is 10.1. The number of nitrogens with one attached hydrogen (secondary N) is 1. The zero-order valence-electron chi connectivity index (χ0n) is 10.7. The average molecular weight is 323 g/mol. The minimum atomic E-state index is 0.644. The quantitative estimate of drug-likeness (QED) is 0.841. The van der Waals surface area contributed by atoms with Gasteiger partial charge in [-0.2, -0.15) is 0 Å². The van der Waals surface area contributed by atoms with Gasteiger partial charge in [-0.3, -0.25) is 0 Å². The van der Waals surface area contributed by atoms with Crippen LogP contribution in [0.2, 0.25) is 0 Å². The van der Waals surface area contributed by atoms with E-state index in [2.05, 4.69) is 21.2 Å². The van der Waals surface area contributed by atoms with Crippen molar-refractivity contribution in [3.8, 4) is 11.5 Å². The van der Waals surface area contributed by atoms with Crippen molar-refractivity contribution in [2.45, 2.75) is 0 Å². The summed E-state index contributed by atoms with van der Waals surface area (Å²) in [6.07, 6.45) is 0. The van der Waals surface area contributed by atoms with Crippen LogP contribution >= 0.6 is 15.9 Å². The third-order valence-corrected chi connectivity index (χ3v) is 3.26. The lowest BCUT2D eigenvalue weighted by Gasteiger charge is -2.11. The van der Waals surface area contributed by atoms with Gasteiger partial charge in [0.05, 0.1) is 18.7 Å². The Hall–Kier alpha value is -1.88. The molecule has 4 nitrogen and oxygen atoms in total. The molecule has 0 aromatic heterocycles. The lowest BCUT2D eigenvalue weighted by Crippen LogP contribution is -1.95. The van der Waals surface area contributed by atoms with Gasteiger partial charge in [-0.1, -0.05) is 0 Å². The molecule has 0 aliphatic heterocycles. The van der Waals surface area contributed by atoms with Gasteiger partial charge in [0.25, 0.3) is 0 Å².